The number of carbonyl (C=O) groups excluding carboxylic acids is 1. The fourth-order valence-corrected chi connectivity index (χ4v) is 6.29. The summed E-state index contributed by atoms with van der Waals surface area (Å²) in [5.74, 6) is 2.24. The first-order valence-corrected chi connectivity index (χ1v) is 13.3. The standard InChI is InChI=1S/C24H23Cl2N3O2S2/c1-4-17-12-33-24(27-16-9-10-20(25)21(26)11-16)29(17)23(30)18-7-5-6-8-22(18)32-13-19-14(2)28-31-15(19)3/h5-11,17H,4,12-13H2,1-3H3/t17-/m0/s1. The van der Waals surface area contributed by atoms with Gasteiger partial charge in [0.25, 0.3) is 5.91 Å². The molecule has 2 aromatic carbocycles. The summed E-state index contributed by atoms with van der Waals surface area (Å²) in [5.41, 5.74) is 3.27. The van der Waals surface area contributed by atoms with Gasteiger partial charge in [-0.05, 0) is 50.6 Å². The summed E-state index contributed by atoms with van der Waals surface area (Å²) in [6.07, 6.45) is 0.841. The quantitative estimate of drug-likeness (QED) is 0.314. The Bertz CT molecular complexity index is 1190. The molecule has 0 spiro atoms. The van der Waals surface area contributed by atoms with Crippen molar-refractivity contribution in [1.29, 1.82) is 0 Å². The molecule has 0 unspecified atom stereocenters. The lowest BCUT2D eigenvalue weighted by Gasteiger charge is -2.24. The maximum Gasteiger partial charge on any atom is 0.261 e. The number of amides is 1. The van der Waals surface area contributed by atoms with Gasteiger partial charge >= 0.3 is 0 Å². The molecule has 9 heteroatoms. The monoisotopic (exact) mass is 519 g/mol. The second-order valence-corrected chi connectivity index (χ2v) is 10.4. The predicted octanol–water partition coefficient (Wildman–Crippen LogP) is 7.55. The first-order valence-electron chi connectivity index (χ1n) is 10.5. The van der Waals surface area contributed by atoms with E-state index in [9.17, 15) is 4.79 Å². The van der Waals surface area contributed by atoms with Crippen LogP contribution >= 0.6 is 46.7 Å². The second kappa shape index (κ2) is 10.6. The van der Waals surface area contributed by atoms with Crippen molar-refractivity contribution in [2.75, 3.05) is 5.75 Å². The van der Waals surface area contributed by atoms with Crippen LogP contribution in [-0.4, -0.2) is 32.9 Å². The number of aryl methyl sites for hydroxylation is 2. The molecule has 4 rings (SSSR count). The molecular weight excluding hydrogens is 497 g/mol. The van der Waals surface area contributed by atoms with Gasteiger partial charge in [0.2, 0.25) is 0 Å². The highest BCUT2D eigenvalue weighted by Gasteiger charge is 2.35. The summed E-state index contributed by atoms with van der Waals surface area (Å²) < 4.78 is 5.28. The van der Waals surface area contributed by atoms with Crippen molar-refractivity contribution in [2.24, 2.45) is 4.99 Å². The highest BCUT2D eigenvalue weighted by atomic mass is 35.5. The van der Waals surface area contributed by atoms with Gasteiger partial charge in [0.05, 0.1) is 27.0 Å². The molecule has 1 aromatic heterocycles. The number of nitrogens with zero attached hydrogens (tertiary/aromatic N) is 3. The van der Waals surface area contributed by atoms with Crippen LogP contribution in [0.4, 0.5) is 5.69 Å². The van der Waals surface area contributed by atoms with Gasteiger partial charge in [-0.3, -0.25) is 9.69 Å². The normalized spacial score (nSPS) is 17.2. The number of hydrogen-bond acceptors (Lipinski definition) is 6. The molecule has 2 heterocycles. The average Bonchev–Trinajstić information content (AvgIpc) is 3.36. The van der Waals surface area contributed by atoms with Crippen LogP contribution in [0.15, 0.2) is 56.9 Å². The maximum atomic E-state index is 13.8. The van der Waals surface area contributed by atoms with Crippen LogP contribution in [0.25, 0.3) is 0 Å². The van der Waals surface area contributed by atoms with Crippen molar-refractivity contribution in [3.63, 3.8) is 0 Å². The van der Waals surface area contributed by atoms with E-state index in [2.05, 4.69) is 12.1 Å². The second-order valence-electron chi connectivity index (χ2n) is 7.63. The summed E-state index contributed by atoms with van der Waals surface area (Å²) in [4.78, 5) is 21.3. The smallest absolute Gasteiger partial charge is 0.261 e. The van der Waals surface area contributed by atoms with Crippen LogP contribution in [-0.2, 0) is 5.75 Å². The van der Waals surface area contributed by atoms with E-state index in [0.29, 0.717) is 32.2 Å². The number of halogens is 2. The molecule has 0 saturated carbocycles. The zero-order valence-electron chi connectivity index (χ0n) is 18.5. The Kier molecular flexibility index (Phi) is 7.74. The van der Waals surface area contributed by atoms with Crippen LogP contribution in [0.1, 0.15) is 40.7 Å². The lowest BCUT2D eigenvalue weighted by molar-refractivity contribution is 0.0816. The molecule has 1 saturated heterocycles. The molecule has 1 atom stereocenters. The first kappa shape index (κ1) is 24.2. The number of hydrogen-bond donors (Lipinski definition) is 0. The van der Waals surface area contributed by atoms with Crippen LogP contribution in [0.2, 0.25) is 10.0 Å². The van der Waals surface area contributed by atoms with Crippen LogP contribution < -0.4 is 0 Å². The van der Waals surface area contributed by atoms with Gasteiger partial charge in [-0.15, -0.1) is 11.8 Å². The summed E-state index contributed by atoms with van der Waals surface area (Å²) in [7, 11) is 0. The lowest BCUT2D eigenvalue weighted by Crippen LogP contribution is -2.39. The van der Waals surface area contributed by atoms with Crippen molar-refractivity contribution in [3.05, 3.63) is 75.1 Å². The van der Waals surface area contributed by atoms with E-state index in [1.165, 1.54) is 0 Å². The number of thioether (sulfide) groups is 2. The third-order valence-electron chi connectivity index (χ3n) is 5.46. The van der Waals surface area contributed by atoms with Crippen molar-refractivity contribution in [2.45, 2.75) is 43.9 Å². The van der Waals surface area contributed by atoms with E-state index in [0.717, 1.165) is 34.1 Å². The molecule has 1 fully saturated rings. The van der Waals surface area contributed by atoms with Gasteiger partial charge < -0.3 is 4.52 Å². The van der Waals surface area contributed by atoms with Gasteiger partial charge in [0.1, 0.15) is 5.76 Å². The zero-order chi connectivity index (χ0) is 23.5. The highest BCUT2D eigenvalue weighted by molar-refractivity contribution is 8.14. The average molecular weight is 521 g/mol. The molecule has 5 nitrogen and oxygen atoms in total. The highest BCUT2D eigenvalue weighted by Crippen LogP contribution is 2.35. The number of carbonyl (C=O) groups is 1. The minimum absolute atomic E-state index is 0.0486. The Morgan fingerprint density at radius 1 is 1.24 bits per heavy atom. The number of aromatic nitrogens is 1. The molecule has 172 valence electrons. The molecular formula is C24H23Cl2N3O2S2. The fraction of sp³-hybridized carbons (Fsp3) is 0.292. The molecule has 0 bridgehead atoms. The Morgan fingerprint density at radius 3 is 2.73 bits per heavy atom. The molecule has 3 aromatic rings. The maximum absolute atomic E-state index is 13.8. The number of amidine groups is 1. The molecule has 33 heavy (non-hydrogen) atoms. The van der Waals surface area contributed by atoms with E-state index >= 15 is 0 Å². The largest absolute Gasteiger partial charge is 0.361 e. The van der Waals surface area contributed by atoms with Gasteiger partial charge in [0.15, 0.2) is 5.17 Å². The topological polar surface area (TPSA) is 58.7 Å². The third kappa shape index (κ3) is 5.27. The molecule has 1 aliphatic rings. The van der Waals surface area contributed by atoms with Crippen molar-refractivity contribution in [1.82, 2.24) is 10.1 Å². The van der Waals surface area contributed by atoms with Crippen molar-refractivity contribution >= 4 is 63.5 Å². The van der Waals surface area contributed by atoms with Gasteiger partial charge in [-0.1, -0.05) is 59.2 Å². The minimum atomic E-state index is -0.0486. The Labute approximate surface area is 211 Å². The SMILES string of the molecule is CC[C@H]1CSC(=Nc2ccc(Cl)c(Cl)c2)N1C(=O)c1ccccc1SCc1c(C)noc1C. The summed E-state index contributed by atoms with van der Waals surface area (Å²) in [6, 6.07) is 13.0. The molecule has 0 radical (unpaired) electrons. The fourth-order valence-electron chi connectivity index (χ4n) is 3.53. The van der Waals surface area contributed by atoms with E-state index in [1.807, 2.05) is 43.0 Å². The summed E-state index contributed by atoms with van der Waals surface area (Å²) in [5, 5.41) is 5.62. The van der Waals surface area contributed by atoms with Crippen molar-refractivity contribution in [3.8, 4) is 0 Å². The number of aliphatic imine (C=N–C) groups is 1. The van der Waals surface area contributed by atoms with E-state index in [4.69, 9.17) is 32.7 Å². The predicted molar refractivity (Wildman–Crippen MR) is 138 cm³/mol. The van der Waals surface area contributed by atoms with Gasteiger partial charge in [-0.2, -0.15) is 0 Å². The van der Waals surface area contributed by atoms with Crippen molar-refractivity contribution < 1.29 is 9.32 Å². The first-order chi connectivity index (χ1) is 15.9. The molecule has 0 N–H and O–H groups in total. The summed E-state index contributed by atoms with van der Waals surface area (Å²) >= 11 is 15.4. The zero-order valence-corrected chi connectivity index (χ0v) is 21.6. The third-order valence-corrected chi connectivity index (χ3v) is 8.40. The molecule has 1 aliphatic heterocycles. The minimum Gasteiger partial charge on any atom is -0.361 e. The van der Waals surface area contributed by atoms with Crippen LogP contribution in [0.3, 0.4) is 0 Å². The summed E-state index contributed by atoms with van der Waals surface area (Å²) in [6.45, 7) is 5.93. The van der Waals surface area contributed by atoms with E-state index < -0.39 is 0 Å². The Hall–Kier alpha value is -1.93. The molecule has 0 aliphatic carbocycles. The van der Waals surface area contributed by atoms with E-state index in [-0.39, 0.29) is 11.9 Å². The number of benzene rings is 2. The Balaban J connectivity index is 1.63. The van der Waals surface area contributed by atoms with Crippen LogP contribution in [0.5, 0.6) is 0 Å². The van der Waals surface area contributed by atoms with Gasteiger partial charge in [-0.25, -0.2) is 4.99 Å². The lowest BCUT2D eigenvalue weighted by atomic mass is 10.1. The van der Waals surface area contributed by atoms with Crippen LogP contribution in [0, 0.1) is 13.8 Å². The Morgan fingerprint density at radius 2 is 2.03 bits per heavy atom. The van der Waals surface area contributed by atoms with Gasteiger partial charge in [0, 0.05) is 28.0 Å². The van der Waals surface area contributed by atoms with E-state index in [1.54, 1.807) is 41.7 Å². The molecule has 1 amide bonds. The number of rotatable bonds is 6.